The first-order valence-corrected chi connectivity index (χ1v) is 9.93. The van der Waals surface area contributed by atoms with Gasteiger partial charge in [-0.15, -0.1) is 11.3 Å². The summed E-state index contributed by atoms with van der Waals surface area (Å²) in [5.41, 5.74) is 2.15. The Morgan fingerprint density at radius 2 is 2.04 bits per heavy atom. The summed E-state index contributed by atoms with van der Waals surface area (Å²) in [4.78, 5) is 16.8. The molecule has 0 unspecified atom stereocenters. The van der Waals surface area contributed by atoms with Crippen LogP contribution in [0.15, 0.2) is 79.9 Å². The van der Waals surface area contributed by atoms with Gasteiger partial charge in [0.05, 0.1) is 11.3 Å². The fourth-order valence-electron chi connectivity index (χ4n) is 2.63. The van der Waals surface area contributed by atoms with Crippen molar-refractivity contribution < 1.29 is 4.42 Å². The molecule has 2 aromatic heterocycles. The van der Waals surface area contributed by atoms with E-state index in [0.29, 0.717) is 27.4 Å². The Kier molecular flexibility index (Phi) is 5.06. The fourth-order valence-corrected chi connectivity index (χ4v) is 3.79. The maximum Gasteiger partial charge on any atom is 0.345 e. The maximum absolute atomic E-state index is 12.4. The molecular weight excluding hydrogens is 438 g/mol. The highest BCUT2D eigenvalue weighted by atomic mass is 79.9. The zero-order valence-corrected chi connectivity index (χ0v) is 16.8. The maximum atomic E-state index is 12.4. The van der Waals surface area contributed by atoms with Crippen molar-refractivity contribution in [1.82, 2.24) is 4.98 Å². The third-order valence-electron chi connectivity index (χ3n) is 3.98. The zero-order chi connectivity index (χ0) is 19.5. The van der Waals surface area contributed by atoms with Gasteiger partial charge in [-0.25, -0.2) is 9.78 Å². The molecule has 0 atom stereocenters. The van der Waals surface area contributed by atoms with E-state index in [1.165, 1.54) is 11.3 Å². The van der Waals surface area contributed by atoms with Crippen molar-refractivity contribution in [1.29, 1.82) is 5.26 Å². The number of nitrogens with zero attached hydrogens (tertiary/aromatic N) is 2. The molecule has 28 heavy (non-hydrogen) atoms. The van der Waals surface area contributed by atoms with E-state index >= 15 is 0 Å². The van der Waals surface area contributed by atoms with E-state index in [2.05, 4.69) is 32.3 Å². The number of rotatable bonds is 4. The van der Waals surface area contributed by atoms with Crippen LogP contribution in [0.5, 0.6) is 0 Å². The van der Waals surface area contributed by atoms with Crippen LogP contribution in [0.1, 0.15) is 5.01 Å². The summed E-state index contributed by atoms with van der Waals surface area (Å²) < 4.78 is 6.29. The smallest absolute Gasteiger partial charge is 0.345 e. The van der Waals surface area contributed by atoms with Gasteiger partial charge in [-0.05, 0) is 36.4 Å². The molecule has 1 N–H and O–H groups in total. The van der Waals surface area contributed by atoms with Gasteiger partial charge in [0.15, 0.2) is 0 Å². The predicted octanol–water partition coefficient (Wildman–Crippen LogP) is 5.66. The normalized spacial score (nSPS) is 11.4. The lowest BCUT2D eigenvalue weighted by Crippen LogP contribution is -2.03. The van der Waals surface area contributed by atoms with Crippen LogP contribution < -0.4 is 10.9 Å². The van der Waals surface area contributed by atoms with Crippen LogP contribution in [0, 0.1) is 11.3 Å². The first kappa shape index (κ1) is 18.2. The quantitative estimate of drug-likeness (QED) is 0.321. The number of aromatic nitrogens is 1. The molecule has 0 saturated carbocycles. The van der Waals surface area contributed by atoms with Crippen LogP contribution in [0.3, 0.4) is 0 Å². The van der Waals surface area contributed by atoms with Gasteiger partial charge < -0.3 is 9.73 Å². The second-order valence-corrected chi connectivity index (χ2v) is 7.62. The molecule has 0 aliphatic heterocycles. The second-order valence-electron chi connectivity index (χ2n) is 5.85. The lowest BCUT2D eigenvalue weighted by Gasteiger charge is -2.01. The molecule has 0 bridgehead atoms. The first-order valence-electron chi connectivity index (χ1n) is 8.25. The number of thiazole rings is 1. The van der Waals surface area contributed by atoms with Gasteiger partial charge in [-0.2, -0.15) is 5.26 Å². The third kappa shape index (κ3) is 3.74. The van der Waals surface area contributed by atoms with E-state index in [9.17, 15) is 10.1 Å². The molecule has 2 aromatic carbocycles. The van der Waals surface area contributed by atoms with Gasteiger partial charge in [0.25, 0.3) is 0 Å². The van der Waals surface area contributed by atoms with Crippen LogP contribution in [0.2, 0.25) is 0 Å². The van der Waals surface area contributed by atoms with Gasteiger partial charge in [-0.3, -0.25) is 0 Å². The Morgan fingerprint density at radius 3 is 2.82 bits per heavy atom. The molecule has 2 heterocycles. The molecule has 0 radical (unpaired) electrons. The molecule has 0 saturated heterocycles. The summed E-state index contributed by atoms with van der Waals surface area (Å²) in [6.07, 6.45) is 1.61. The van der Waals surface area contributed by atoms with Crippen molar-refractivity contribution in [2.75, 3.05) is 5.32 Å². The van der Waals surface area contributed by atoms with Crippen molar-refractivity contribution in [3.05, 3.63) is 86.1 Å². The van der Waals surface area contributed by atoms with Crippen LogP contribution in [-0.4, -0.2) is 4.98 Å². The molecule has 0 fully saturated rings. The van der Waals surface area contributed by atoms with Crippen molar-refractivity contribution in [3.8, 4) is 17.3 Å². The monoisotopic (exact) mass is 449 g/mol. The van der Waals surface area contributed by atoms with E-state index in [1.807, 2.05) is 42.5 Å². The summed E-state index contributed by atoms with van der Waals surface area (Å²) in [6.45, 7) is 0. The van der Waals surface area contributed by atoms with E-state index in [-0.39, 0.29) is 0 Å². The molecule has 0 aliphatic rings. The molecule has 4 aromatic rings. The highest BCUT2D eigenvalue weighted by Crippen LogP contribution is 2.27. The molecular formula is C21H12BrN3O2S. The second kappa shape index (κ2) is 7.80. The molecule has 0 amide bonds. The molecule has 7 heteroatoms. The number of nitrogens with one attached hydrogen (secondary N) is 1. The van der Waals surface area contributed by atoms with Crippen LogP contribution >= 0.6 is 27.3 Å². The topological polar surface area (TPSA) is 78.9 Å². The van der Waals surface area contributed by atoms with Crippen LogP contribution in [-0.2, 0) is 0 Å². The van der Waals surface area contributed by atoms with Crippen LogP contribution in [0.4, 0.5) is 5.69 Å². The molecule has 4 rings (SSSR count). The summed E-state index contributed by atoms with van der Waals surface area (Å²) in [5, 5.41) is 15.6. The van der Waals surface area contributed by atoms with Gasteiger partial charge in [-0.1, -0.05) is 34.1 Å². The average Bonchev–Trinajstić information content (AvgIpc) is 3.19. The standard InChI is InChI=1S/C21H12BrN3O2S/c22-15-6-7-19-13(8-15)9-17(21(26)27-19)18-12-28-20(25-18)14(10-23)11-24-16-4-2-1-3-5-16/h1-9,11-12,24H. The van der Waals surface area contributed by atoms with Crippen molar-refractivity contribution in [2.45, 2.75) is 0 Å². The minimum atomic E-state index is -0.462. The van der Waals surface area contributed by atoms with Gasteiger partial charge in [0, 0.05) is 27.1 Å². The van der Waals surface area contributed by atoms with E-state index in [4.69, 9.17) is 4.42 Å². The number of benzene rings is 2. The van der Waals surface area contributed by atoms with Gasteiger partial charge >= 0.3 is 5.63 Å². The predicted molar refractivity (Wildman–Crippen MR) is 115 cm³/mol. The number of anilines is 1. The Hall–Kier alpha value is -3.21. The van der Waals surface area contributed by atoms with E-state index in [1.54, 1.807) is 23.7 Å². The fraction of sp³-hybridized carbons (Fsp3) is 0. The number of nitriles is 1. The highest BCUT2D eigenvalue weighted by molar-refractivity contribution is 9.10. The first-order chi connectivity index (χ1) is 13.6. The minimum Gasteiger partial charge on any atom is -0.422 e. The number of para-hydroxylation sites is 1. The van der Waals surface area contributed by atoms with E-state index in [0.717, 1.165) is 15.5 Å². The largest absolute Gasteiger partial charge is 0.422 e. The summed E-state index contributed by atoms with van der Waals surface area (Å²) in [7, 11) is 0. The average molecular weight is 450 g/mol. The summed E-state index contributed by atoms with van der Waals surface area (Å²) in [6, 6.07) is 18.9. The van der Waals surface area contributed by atoms with E-state index < -0.39 is 5.63 Å². The number of fused-ring (bicyclic) bond motifs is 1. The lowest BCUT2D eigenvalue weighted by atomic mass is 10.1. The number of allylic oxidation sites excluding steroid dienone is 1. The summed E-state index contributed by atoms with van der Waals surface area (Å²) >= 11 is 4.71. The lowest BCUT2D eigenvalue weighted by molar-refractivity contribution is 0.563. The van der Waals surface area contributed by atoms with Crippen molar-refractivity contribution >= 4 is 49.5 Å². The van der Waals surface area contributed by atoms with Crippen LogP contribution in [0.25, 0.3) is 27.8 Å². The Bertz CT molecular complexity index is 1290. The molecule has 136 valence electrons. The summed E-state index contributed by atoms with van der Waals surface area (Å²) in [5.74, 6) is 0. The third-order valence-corrected chi connectivity index (χ3v) is 5.35. The number of hydrogen-bond acceptors (Lipinski definition) is 6. The Balaban J connectivity index is 1.69. The van der Waals surface area contributed by atoms with Crippen molar-refractivity contribution in [2.24, 2.45) is 0 Å². The minimum absolute atomic E-state index is 0.362. The van der Waals surface area contributed by atoms with Gasteiger partial charge in [0.1, 0.15) is 22.2 Å². The SMILES string of the molecule is N#CC(=CNc1ccccc1)c1nc(-c2cc3cc(Br)ccc3oc2=O)cs1. The molecule has 0 spiro atoms. The zero-order valence-electron chi connectivity index (χ0n) is 14.3. The Morgan fingerprint density at radius 1 is 1.21 bits per heavy atom. The molecule has 5 nitrogen and oxygen atoms in total. The number of halogens is 1. The number of hydrogen-bond donors (Lipinski definition) is 1. The molecule has 0 aliphatic carbocycles. The van der Waals surface area contributed by atoms with Gasteiger partial charge in [0.2, 0.25) is 0 Å². The highest BCUT2D eigenvalue weighted by Gasteiger charge is 2.14. The Labute approximate surface area is 172 Å². The van der Waals surface area contributed by atoms with Crippen molar-refractivity contribution in [3.63, 3.8) is 0 Å².